The van der Waals surface area contributed by atoms with Crippen LogP contribution in [0, 0.1) is 11.8 Å². The molecule has 0 bridgehead atoms. The first kappa shape index (κ1) is 16.2. The summed E-state index contributed by atoms with van der Waals surface area (Å²) in [5.74, 6) is -3.09. The van der Waals surface area contributed by atoms with Crippen LogP contribution in [0.1, 0.15) is 47.8 Å². The van der Waals surface area contributed by atoms with E-state index in [2.05, 4.69) is 0 Å². The fraction of sp³-hybridized carbons (Fsp3) is 0.818. The van der Waals surface area contributed by atoms with Crippen molar-refractivity contribution in [3.05, 3.63) is 0 Å². The molecular weight excluding hydrogens is 236 g/mol. The number of carbonyl (C=O) groups is 2. The molecule has 5 heteroatoms. The van der Waals surface area contributed by atoms with Gasteiger partial charge in [0.05, 0.1) is 0 Å². The van der Waals surface area contributed by atoms with Gasteiger partial charge in [-0.05, 0) is 18.8 Å². The summed E-state index contributed by atoms with van der Waals surface area (Å²) < 4.78 is 0. The normalized spacial score (nSPS) is 16.8. The molecule has 0 aromatic carbocycles. The van der Waals surface area contributed by atoms with Gasteiger partial charge in [-0.1, -0.05) is 32.1 Å². The van der Waals surface area contributed by atoms with E-state index in [0.29, 0.717) is 5.92 Å². The van der Waals surface area contributed by atoms with Crippen LogP contribution in [0.15, 0.2) is 0 Å². The van der Waals surface area contributed by atoms with E-state index in [-0.39, 0.29) is 47.0 Å². The Labute approximate surface area is 128 Å². The first-order valence-electron chi connectivity index (χ1n) is 5.57. The topological polar surface area (TPSA) is 74.6 Å². The van der Waals surface area contributed by atoms with E-state index < -0.39 is 17.9 Å². The van der Waals surface area contributed by atoms with Gasteiger partial charge in [-0.3, -0.25) is 9.59 Å². The van der Waals surface area contributed by atoms with E-state index >= 15 is 0 Å². The molecule has 1 rings (SSSR count). The second-order valence-corrected chi connectivity index (χ2v) is 4.31. The summed E-state index contributed by atoms with van der Waals surface area (Å²) in [5.41, 5.74) is 0. The third-order valence-corrected chi connectivity index (χ3v) is 3.18. The predicted octanol–water partition coefficient (Wildman–Crippen LogP) is 1.98. The Morgan fingerprint density at radius 1 is 1.12 bits per heavy atom. The molecule has 0 radical (unpaired) electrons. The van der Waals surface area contributed by atoms with Crippen molar-refractivity contribution in [1.29, 1.82) is 0 Å². The minimum atomic E-state index is -1.22. The van der Waals surface area contributed by atoms with Crippen LogP contribution in [-0.4, -0.2) is 59.9 Å². The van der Waals surface area contributed by atoms with Crippen LogP contribution in [0.4, 0.5) is 0 Å². The summed E-state index contributed by atoms with van der Waals surface area (Å²) in [4.78, 5) is 21.3. The Bertz CT molecular complexity index is 231. The Morgan fingerprint density at radius 2 is 1.62 bits per heavy atom. The number of rotatable bonds is 5. The smallest absolute Gasteiger partial charge is 1.00 e. The van der Waals surface area contributed by atoms with E-state index in [4.69, 9.17) is 10.2 Å². The molecule has 0 amide bonds. The van der Waals surface area contributed by atoms with E-state index in [1.807, 2.05) is 0 Å². The van der Waals surface area contributed by atoms with Crippen molar-refractivity contribution < 1.29 is 22.7 Å². The Hall–Kier alpha value is 0.200. The SMILES string of the molecule is O=C(O)C(CCC1CCCCC1)C(=O)O.[Ca+2].[H-].[H-]. The van der Waals surface area contributed by atoms with Gasteiger partial charge in [-0.2, -0.15) is 0 Å². The van der Waals surface area contributed by atoms with E-state index in [1.54, 1.807) is 0 Å². The summed E-state index contributed by atoms with van der Waals surface area (Å²) in [5, 5.41) is 17.4. The maximum Gasteiger partial charge on any atom is 2.00 e. The molecule has 1 aliphatic rings. The zero-order valence-electron chi connectivity index (χ0n) is 11.5. The maximum atomic E-state index is 10.6. The van der Waals surface area contributed by atoms with Crippen LogP contribution in [0.25, 0.3) is 0 Å². The molecule has 4 nitrogen and oxygen atoms in total. The van der Waals surface area contributed by atoms with Gasteiger partial charge in [0.1, 0.15) is 0 Å². The standard InChI is InChI=1S/C11H18O4.Ca.2H/c12-10(13)9(11(14)15)7-6-8-4-2-1-3-5-8;;;/h8-9H,1-7H2,(H,12,13)(H,14,15);;;/q;+2;2*-1. The van der Waals surface area contributed by atoms with Crippen molar-refractivity contribution in [2.75, 3.05) is 0 Å². The Morgan fingerprint density at radius 3 is 2.06 bits per heavy atom. The van der Waals surface area contributed by atoms with Gasteiger partial charge in [0.25, 0.3) is 0 Å². The summed E-state index contributed by atoms with van der Waals surface area (Å²) >= 11 is 0. The second kappa shape index (κ2) is 8.31. The Balaban J connectivity index is -0.000000750. The van der Waals surface area contributed by atoms with E-state index in [9.17, 15) is 9.59 Å². The molecule has 0 aromatic heterocycles. The van der Waals surface area contributed by atoms with Crippen LogP contribution in [0.3, 0.4) is 0 Å². The van der Waals surface area contributed by atoms with Crippen molar-refractivity contribution in [1.82, 2.24) is 0 Å². The maximum absolute atomic E-state index is 10.6. The molecule has 1 fully saturated rings. The van der Waals surface area contributed by atoms with Crippen LogP contribution >= 0.6 is 0 Å². The quantitative estimate of drug-likeness (QED) is 0.582. The Kier molecular flexibility index (Phi) is 8.42. The number of carboxylic acid groups (broad SMARTS) is 2. The molecule has 90 valence electrons. The predicted molar refractivity (Wildman–Crippen MR) is 62.5 cm³/mol. The fourth-order valence-corrected chi connectivity index (χ4v) is 2.23. The average molecular weight is 256 g/mol. The minimum absolute atomic E-state index is 0. The van der Waals surface area contributed by atoms with Crippen LogP contribution < -0.4 is 0 Å². The van der Waals surface area contributed by atoms with Crippen molar-refractivity contribution in [2.24, 2.45) is 11.8 Å². The van der Waals surface area contributed by atoms with Crippen LogP contribution in [0.2, 0.25) is 0 Å². The molecule has 2 N–H and O–H groups in total. The molecule has 1 aliphatic carbocycles. The van der Waals surface area contributed by atoms with Crippen molar-refractivity contribution >= 4 is 49.7 Å². The molecule has 0 unspecified atom stereocenters. The number of hydrogen-bond acceptors (Lipinski definition) is 2. The van der Waals surface area contributed by atoms with Gasteiger partial charge < -0.3 is 13.1 Å². The first-order valence-corrected chi connectivity index (χ1v) is 5.57. The summed E-state index contributed by atoms with van der Waals surface area (Å²) in [6.45, 7) is 0. The largest absolute Gasteiger partial charge is 2.00 e. The van der Waals surface area contributed by atoms with Gasteiger partial charge in [-0.25, -0.2) is 0 Å². The number of carboxylic acids is 2. The minimum Gasteiger partial charge on any atom is -1.00 e. The summed E-state index contributed by atoms with van der Waals surface area (Å²) in [6, 6.07) is 0. The van der Waals surface area contributed by atoms with Gasteiger partial charge >= 0.3 is 49.7 Å². The van der Waals surface area contributed by atoms with Crippen molar-refractivity contribution in [3.63, 3.8) is 0 Å². The monoisotopic (exact) mass is 256 g/mol. The third kappa shape index (κ3) is 5.50. The molecule has 1 saturated carbocycles. The summed E-state index contributed by atoms with van der Waals surface area (Å²) in [7, 11) is 0. The van der Waals surface area contributed by atoms with Gasteiger partial charge in [0.15, 0.2) is 5.92 Å². The first-order chi connectivity index (χ1) is 7.11. The molecule has 0 saturated heterocycles. The number of hydrogen-bond donors (Lipinski definition) is 2. The molecular formula is C11H20CaO4. The number of aliphatic carboxylic acids is 2. The summed E-state index contributed by atoms with van der Waals surface area (Å²) in [6.07, 6.45) is 6.94. The zero-order chi connectivity index (χ0) is 11.3. The molecule has 0 atom stereocenters. The van der Waals surface area contributed by atoms with E-state index in [1.165, 1.54) is 19.3 Å². The fourth-order valence-electron chi connectivity index (χ4n) is 2.23. The molecule has 0 heterocycles. The van der Waals surface area contributed by atoms with E-state index in [0.717, 1.165) is 19.3 Å². The molecule has 16 heavy (non-hydrogen) atoms. The van der Waals surface area contributed by atoms with Gasteiger partial charge in [0.2, 0.25) is 0 Å². The average Bonchev–Trinajstić information content (AvgIpc) is 2.18. The van der Waals surface area contributed by atoms with Crippen LogP contribution in [0.5, 0.6) is 0 Å². The van der Waals surface area contributed by atoms with Crippen molar-refractivity contribution in [3.8, 4) is 0 Å². The van der Waals surface area contributed by atoms with Gasteiger partial charge in [-0.15, -0.1) is 0 Å². The third-order valence-electron chi connectivity index (χ3n) is 3.18. The molecule has 0 aromatic rings. The second-order valence-electron chi connectivity index (χ2n) is 4.31. The molecule has 0 aliphatic heterocycles. The van der Waals surface area contributed by atoms with Crippen LogP contribution in [-0.2, 0) is 9.59 Å². The zero-order valence-corrected chi connectivity index (χ0v) is 11.7. The van der Waals surface area contributed by atoms with Gasteiger partial charge in [0, 0.05) is 0 Å². The van der Waals surface area contributed by atoms with Crippen molar-refractivity contribution in [2.45, 2.75) is 44.9 Å². The molecule has 0 spiro atoms.